The van der Waals surface area contributed by atoms with Crippen molar-refractivity contribution in [2.75, 3.05) is 6.61 Å². The topological polar surface area (TPSA) is 84.9 Å². The Bertz CT molecular complexity index is 499. The summed E-state index contributed by atoms with van der Waals surface area (Å²) in [6.45, 7) is 3.56. The Morgan fingerprint density at radius 1 is 1.29 bits per heavy atom. The van der Waals surface area contributed by atoms with E-state index >= 15 is 0 Å². The Kier molecular flexibility index (Phi) is 9.53. The zero-order chi connectivity index (χ0) is 15.0. The van der Waals surface area contributed by atoms with E-state index < -0.39 is 11.9 Å². The maximum Gasteiger partial charge on any atom is 1.00 e. The smallest absolute Gasteiger partial charge is 0.508 e. The van der Waals surface area contributed by atoms with Crippen LogP contribution in [0.25, 0.3) is 0 Å². The van der Waals surface area contributed by atoms with Crippen molar-refractivity contribution in [1.82, 2.24) is 5.48 Å². The molecule has 7 heteroatoms. The van der Waals surface area contributed by atoms with Gasteiger partial charge in [0.15, 0.2) is 0 Å². The Morgan fingerprint density at radius 3 is 2.48 bits per heavy atom. The molecule has 6 nitrogen and oxygen atoms in total. The first-order valence-corrected chi connectivity index (χ1v) is 6.10. The van der Waals surface area contributed by atoms with Gasteiger partial charge in [-0.1, -0.05) is 12.1 Å². The monoisotopic (exact) mass is 302 g/mol. The van der Waals surface area contributed by atoms with Crippen LogP contribution in [0.2, 0.25) is 0 Å². The number of carbonyl (C=O) groups excluding carboxylic acids is 2. The minimum atomic E-state index is -0.507. The molecule has 0 aromatic heterocycles. The van der Waals surface area contributed by atoms with E-state index in [2.05, 4.69) is 5.48 Å². The average molecular weight is 302 g/mol. The van der Waals surface area contributed by atoms with Gasteiger partial charge in [0.05, 0.1) is 18.7 Å². The largest absolute Gasteiger partial charge is 1.00 e. The number of allylic oxidation sites excluding steroid dienone is 1. The molecule has 0 amide bonds. The number of esters is 1. The van der Waals surface area contributed by atoms with E-state index in [-0.39, 0.29) is 48.3 Å². The van der Waals surface area contributed by atoms with E-state index in [1.54, 1.807) is 26.0 Å². The molecule has 0 heterocycles. The van der Waals surface area contributed by atoms with Gasteiger partial charge in [-0.15, -0.1) is 0 Å². The molecule has 0 radical (unpaired) electrons. The Morgan fingerprint density at radius 2 is 1.90 bits per heavy atom. The van der Waals surface area contributed by atoms with E-state index in [0.717, 1.165) is 0 Å². The number of hydrogen-bond acceptors (Lipinski definition) is 6. The van der Waals surface area contributed by atoms with Crippen molar-refractivity contribution in [3.8, 4) is 5.75 Å². The first-order valence-electron chi connectivity index (χ1n) is 6.10. The summed E-state index contributed by atoms with van der Waals surface area (Å²) < 4.78 is 4.71. The Labute approximate surface area is 145 Å². The Hall–Kier alpha value is -1.50. The van der Waals surface area contributed by atoms with Crippen LogP contribution in [0.1, 0.15) is 19.4 Å². The van der Waals surface area contributed by atoms with Crippen LogP contribution < -0.4 is 35.0 Å². The number of phenolic OH excluding ortho intramolecular Hbond substituents is 1. The summed E-state index contributed by atoms with van der Waals surface area (Å²) in [5, 5.41) is 9.11. The summed E-state index contributed by atoms with van der Waals surface area (Å²) in [6.07, 6.45) is 1.25. The van der Waals surface area contributed by atoms with Crippen molar-refractivity contribution in [2.24, 2.45) is 0 Å². The van der Waals surface area contributed by atoms with Gasteiger partial charge in [0.1, 0.15) is 5.75 Å². The molecule has 0 unspecified atom stereocenters. The molecule has 0 aliphatic rings. The normalized spacial score (nSPS) is 10.3. The van der Waals surface area contributed by atoms with Crippen LogP contribution >= 0.6 is 0 Å². The van der Waals surface area contributed by atoms with E-state index in [1.165, 1.54) is 18.2 Å². The van der Waals surface area contributed by atoms with Crippen LogP contribution in [-0.4, -0.2) is 23.7 Å². The number of benzene rings is 1. The second kappa shape index (κ2) is 10.3. The maximum absolute atomic E-state index is 11.5. The molecular formula is C14H17NNaO5+. The number of carbonyl (C=O) groups is 2. The number of aromatic hydroxyl groups is 1. The number of phenols is 1. The van der Waals surface area contributed by atoms with Gasteiger partial charge in [-0.3, -0.25) is 0 Å². The van der Waals surface area contributed by atoms with Crippen molar-refractivity contribution < 1.29 is 53.8 Å². The van der Waals surface area contributed by atoms with Crippen LogP contribution in [-0.2, 0) is 25.6 Å². The summed E-state index contributed by atoms with van der Waals surface area (Å²) in [7, 11) is 0. The van der Waals surface area contributed by atoms with Crippen LogP contribution in [0.3, 0.4) is 0 Å². The van der Waals surface area contributed by atoms with Gasteiger partial charge in [-0.05, 0) is 31.5 Å². The van der Waals surface area contributed by atoms with Crippen LogP contribution in [0, 0.1) is 0 Å². The van der Waals surface area contributed by atoms with Gasteiger partial charge in [-0.25, -0.2) is 15.1 Å². The second-order valence-electron chi connectivity index (χ2n) is 4.00. The maximum atomic E-state index is 11.5. The molecule has 0 saturated heterocycles. The van der Waals surface area contributed by atoms with Gasteiger partial charge in [-0.2, -0.15) is 0 Å². The van der Waals surface area contributed by atoms with Gasteiger partial charge >= 0.3 is 41.5 Å². The summed E-state index contributed by atoms with van der Waals surface area (Å²) in [6, 6.07) is 6.22. The fraction of sp³-hybridized carbons (Fsp3) is 0.286. The van der Waals surface area contributed by atoms with E-state index in [0.29, 0.717) is 11.3 Å². The van der Waals surface area contributed by atoms with Gasteiger partial charge < -0.3 is 14.7 Å². The minimum absolute atomic E-state index is 0. The SMILES string of the molecule is CCOC(=O)/C=C(\C)NOC(=O)Cc1ccc(O)cc1.[Na+]. The predicted octanol–water partition coefficient (Wildman–Crippen LogP) is -1.55. The van der Waals surface area contributed by atoms with Crippen molar-refractivity contribution in [2.45, 2.75) is 20.3 Å². The van der Waals surface area contributed by atoms with Crippen LogP contribution in [0.5, 0.6) is 5.75 Å². The zero-order valence-electron chi connectivity index (χ0n) is 12.4. The fourth-order valence-electron chi connectivity index (χ4n) is 1.34. The van der Waals surface area contributed by atoms with Crippen molar-refractivity contribution in [3.63, 3.8) is 0 Å². The molecule has 0 saturated carbocycles. The molecule has 2 N–H and O–H groups in total. The molecule has 0 aliphatic carbocycles. The number of hydroxylamine groups is 1. The van der Waals surface area contributed by atoms with Gasteiger partial charge in [0.25, 0.3) is 0 Å². The number of ether oxygens (including phenoxy) is 1. The molecule has 21 heavy (non-hydrogen) atoms. The quantitative estimate of drug-likeness (QED) is 0.287. The molecule has 1 rings (SSSR count). The van der Waals surface area contributed by atoms with Crippen LogP contribution in [0.15, 0.2) is 36.0 Å². The summed E-state index contributed by atoms with van der Waals surface area (Å²) in [5.74, 6) is -0.882. The molecule has 0 atom stereocenters. The molecular weight excluding hydrogens is 285 g/mol. The van der Waals surface area contributed by atoms with E-state index in [4.69, 9.17) is 14.7 Å². The molecule has 108 valence electrons. The number of rotatable bonds is 6. The fourth-order valence-corrected chi connectivity index (χ4v) is 1.34. The van der Waals surface area contributed by atoms with E-state index in [1.807, 2.05) is 0 Å². The Balaban J connectivity index is 0.00000400. The third kappa shape index (κ3) is 8.39. The first kappa shape index (κ1) is 19.5. The third-order valence-corrected chi connectivity index (χ3v) is 2.23. The average Bonchev–Trinajstić information content (AvgIpc) is 2.39. The molecule has 0 bridgehead atoms. The summed E-state index contributed by atoms with van der Waals surface area (Å²) >= 11 is 0. The number of nitrogens with one attached hydrogen (secondary N) is 1. The number of hydrogen-bond donors (Lipinski definition) is 2. The second-order valence-corrected chi connectivity index (χ2v) is 4.00. The predicted molar refractivity (Wildman–Crippen MR) is 71.4 cm³/mol. The summed E-state index contributed by atoms with van der Waals surface area (Å²) in [4.78, 5) is 27.4. The van der Waals surface area contributed by atoms with E-state index in [9.17, 15) is 9.59 Å². The zero-order valence-corrected chi connectivity index (χ0v) is 14.4. The summed E-state index contributed by atoms with van der Waals surface area (Å²) in [5.41, 5.74) is 3.44. The molecule has 0 fully saturated rings. The molecule has 0 spiro atoms. The van der Waals surface area contributed by atoms with Crippen LogP contribution in [0.4, 0.5) is 0 Å². The molecule has 1 aromatic rings. The van der Waals surface area contributed by atoms with Crippen molar-refractivity contribution in [3.05, 3.63) is 41.6 Å². The minimum Gasteiger partial charge on any atom is -0.508 e. The standard InChI is InChI=1S/C14H17NO5.Na/c1-3-19-13(17)8-10(2)15-20-14(18)9-11-4-6-12(16)7-5-11;/h4-8,15-16H,3,9H2,1-2H3;/q;+1/b10-8+;. The third-order valence-electron chi connectivity index (χ3n) is 2.23. The van der Waals surface area contributed by atoms with Gasteiger partial charge in [0, 0.05) is 6.08 Å². The van der Waals surface area contributed by atoms with Crippen molar-refractivity contribution >= 4 is 11.9 Å². The van der Waals surface area contributed by atoms with Crippen molar-refractivity contribution in [1.29, 1.82) is 0 Å². The van der Waals surface area contributed by atoms with Gasteiger partial charge in [0.2, 0.25) is 0 Å². The molecule has 0 aliphatic heterocycles. The first-order chi connectivity index (χ1) is 9.51. The molecule has 1 aromatic carbocycles.